The standard InChI is InChI=1S/C17H14BrNS/c1-11-7-9-13(10-8-11)17-19-16(12(2)20-17)14-5-3-4-6-15(14)18/h3-10H,1-2H3. The molecule has 20 heavy (non-hydrogen) atoms. The van der Waals surface area contributed by atoms with Crippen molar-refractivity contribution < 1.29 is 0 Å². The van der Waals surface area contributed by atoms with Gasteiger partial charge in [-0.3, -0.25) is 0 Å². The van der Waals surface area contributed by atoms with E-state index in [1.165, 1.54) is 16.0 Å². The van der Waals surface area contributed by atoms with Crippen LogP contribution in [0.5, 0.6) is 0 Å². The summed E-state index contributed by atoms with van der Waals surface area (Å²) in [6.45, 7) is 4.23. The average molecular weight is 344 g/mol. The summed E-state index contributed by atoms with van der Waals surface area (Å²) in [6.07, 6.45) is 0. The largest absolute Gasteiger partial charge is 0.236 e. The highest BCUT2D eigenvalue weighted by Crippen LogP contribution is 2.36. The van der Waals surface area contributed by atoms with E-state index in [-0.39, 0.29) is 0 Å². The lowest BCUT2D eigenvalue weighted by atomic mass is 10.1. The molecule has 0 saturated heterocycles. The molecule has 3 heteroatoms. The molecule has 0 fully saturated rings. The van der Waals surface area contributed by atoms with Crippen LogP contribution in [0.25, 0.3) is 21.8 Å². The molecule has 1 nitrogen and oxygen atoms in total. The van der Waals surface area contributed by atoms with E-state index in [4.69, 9.17) is 4.98 Å². The first kappa shape index (κ1) is 13.5. The molecule has 0 bridgehead atoms. The maximum Gasteiger partial charge on any atom is 0.124 e. The topological polar surface area (TPSA) is 12.9 Å². The zero-order valence-electron chi connectivity index (χ0n) is 11.4. The first-order chi connectivity index (χ1) is 9.65. The number of nitrogens with zero attached hydrogens (tertiary/aromatic N) is 1. The second-order valence-electron chi connectivity index (χ2n) is 4.77. The van der Waals surface area contributed by atoms with Crippen molar-refractivity contribution in [2.75, 3.05) is 0 Å². The fourth-order valence-electron chi connectivity index (χ4n) is 2.12. The molecule has 0 aliphatic carbocycles. The molecule has 0 radical (unpaired) electrons. The normalized spacial score (nSPS) is 10.8. The van der Waals surface area contributed by atoms with Crippen LogP contribution < -0.4 is 0 Å². The highest BCUT2D eigenvalue weighted by atomic mass is 79.9. The second kappa shape index (κ2) is 5.51. The molecule has 1 heterocycles. The van der Waals surface area contributed by atoms with Crippen LogP contribution in [-0.2, 0) is 0 Å². The molecule has 0 amide bonds. The molecule has 1 aromatic heterocycles. The van der Waals surface area contributed by atoms with Crippen LogP contribution in [0.3, 0.4) is 0 Å². The minimum Gasteiger partial charge on any atom is -0.236 e. The number of thiazole rings is 1. The summed E-state index contributed by atoms with van der Waals surface area (Å²) in [7, 11) is 0. The Kier molecular flexibility index (Phi) is 3.72. The molecule has 100 valence electrons. The van der Waals surface area contributed by atoms with Gasteiger partial charge in [0.1, 0.15) is 5.01 Å². The van der Waals surface area contributed by atoms with Gasteiger partial charge in [-0.1, -0.05) is 64.0 Å². The van der Waals surface area contributed by atoms with Crippen LogP contribution in [0.4, 0.5) is 0 Å². The second-order valence-corrected chi connectivity index (χ2v) is 6.83. The molecule has 3 aromatic rings. The van der Waals surface area contributed by atoms with Crippen LogP contribution in [0.2, 0.25) is 0 Å². The Labute approximate surface area is 131 Å². The molecule has 0 N–H and O–H groups in total. The van der Waals surface area contributed by atoms with Crippen molar-refractivity contribution in [2.45, 2.75) is 13.8 Å². The molecule has 0 atom stereocenters. The third-order valence-electron chi connectivity index (χ3n) is 3.22. The quantitative estimate of drug-likeness (QED) is 0.568. The highest BCUT2D eigenvalue weighted by molar-refractivity contribution is 9.10. The minimum absolute atomic E-state index is 1.07. The molecule has 3 rings (SSSR count). The van der Waals surface area contributed by atoms with Crippen LogP contribution in [-0.4, -0.2) is 4.98 Å². The minimum atomic E-state index is 1.07. The van der Waals surface area contributed by atoms with Gasteiger partial charge in [0.2, 0.25) is 0 Å². The van der Waals surface area contributed by atoms with Crippen molar-refractivity contribution in [3.05, 3.63) is 63.4 Å². The van der Waals surface area contributed by atoms with E-state index in [0.717, 1.165) is 20.7 Å². The number of hydrogen-bond acceptors (Lipinski definition) is 2. The van der Waals surface area contributed by atoms with E-state index in [2.05, 4.69) is 66.2 Å². The van der Waals surface area contributed by atoms with E-state index >= 15 is 0 Å². The SMILES string of the molecule is Cc1ccc(-c2nc(-c3ccccc3Br)c(C)s2)cc1. The predicted molar refractivity (Wildman–Crippen MR) is 90.2 cm³/mol. The predicted octanol–water partition coefficient (Wildman–Crippen LogP) is 5.86. The smallest absolute Gasteiger partial charge is 0.124 e. The molecule has 0 aliphatic heterocycles. The summed E-state index contributed by atoms with van der Waals surface area (Å²) in [4.78, 5) is 6.07. The number of rotatable bonds is 2. The fraction of sp³-hybridized carbons (Fsp3) is 0.118. The summed E-state index contributed by atoms with van der Waals surface area (Å²) >= 11 is 5.35. The molecule has 0 unspecified atom stereocenters. The third-order valence-corrected chi connectivity index (χ3v) is 4.94. The Balaban J connectivity index is 2.08. The highest BCUT2D eigenvalue weighted by Gasteiger charge is 2.13. The number of benzene rings is 2. The molecule has 0 saturated carbocycles. The first-order valence-electron chi connectivity index (χ1n) is 6.44. The van der Waals surface area contributed by atoms with Crippen LogP contribution in [0.1, 0.15) is 10.4 Å². The average Bonchev–Trinajstić information content (AvgIpc) is 2.82. The zero-order chi connectivity index (χ0) is 14.1. The summed E-state index contributed by atoms with van der Waals surface area (Å²) in [5, 5.41) is 1.08. The van der Waals surface area contributed by atoms with Gasteiger partial charge in [-0.15, -0.1) is 11.3 Å². The Morgan fingerprint density at radius 1 is 0.950 bits per heavy atom. The number of halogens is 1. The maximum atomic E-state index is 4.83. The Hall–Kier alpha value is -1.45. The van der Waals surface area contributed by atoms with Crippen LogP contribution >= 0.6 is 27.3 Å². The van der Waals surface area contributed by atoms with E-state index in [9.17, 15) is 0 Å². The van der Waals surface area contributed by atoms with Crippen molar-refractivity contribution in [2.24, 2.45) is 0 Å². The number of hydrogen-bond donors (Lipinski definition) is 0. The van der Waals surface area contributed by atoms with E-state index in [1.54, 1.807) is 11.3 Å². The number of aromatic nitrogens is 1. The van der Waals surface area contributed by atoms with E-state index in [0.29, 0.717) is 0 Å². The molecule has 0 spiro atoms. The van der Waals surface area contributed by atoms with Crippen LogP contribution in [0, 0.1) is 13.8 Å². The summed E-state index contributed by atoms with van der Waals surface area (Å²) in [6, 6.07) is 16.8. The molecular weight excluding hydrogens is 330 g/mol. The maximum absolute atomic E-state index is 4.83. The fourth-order valence-corrected chi connectivity index (χ4v) is 3.52. The Morgan fingerprint density at radius 3 is 2.35 bits per heavy atom. The van der Waals surface area contributed by atoms with E-state index < -0.39 is 0 Å². The van der Waals surface area contributed by atoms with Crippen molar-refractivity contribution in [3.63, 3.8) is 0 Å². The lowest BCUT2D eigenvalue weighted by Crippen LogP contribution is -1.83. The van der Waals surface area contributed by atoms with Gasteiger partial charge in [-0.2, -0.15) is 0 Å². The Bertz CT molecular complexity index is 744. The summed E-state index contributed by atoms with van der Waals surface area (Å²) < 4.78 is 1.09. The lowest BCUT2D eigenvalue weighted by molar-refractivity contribution is 1.36. The van der Waals surface area contributed by atoms with Crippen molar-refractivity contribution in [3.8, 4) is 21.8 Å². The third kappa shape index (κ3) is 2.56. The Morgan fingerprint density at radius 2 is 1.65 bits per heavy atom. The molecular formula is C17H14BrNS. The van der Waals surface area contributed by atoms with Gasteiger partial charge in [-0.25, -0.2) is 4.98 Å². The van der Waals surface area contributed by atoms with Gasteiger partial charge in [0.05, 0.1) is 5.69 Å². The van der Waals surface area contributed by atoms with Gasteiger partial charge >= 0.3 is 0 Å². The van der Waals surface area contributed by atoms with Gasteiger partial charge in [0, 0.05) is 20.5 Å². The summed E-state index contributed by atoms with van der Waals surface area (Å²) in [5.74, 6) is 0. The number of aryl methyl sites for hydroxylation is 2. The van der Waals surface area contributed by atoms with Gasteiger partial charge < -0.3 is 0 Å². The lowest BCUT2D eigenvalue weighted by Gasteiger charge is -2.01. The van der Waals surface area contributed by atoms with E-state index in [1.807, 2.05) is 12.1 Å². The van der Waals surface area contributed by atoms with Crippen molar-refractivity contribution >= 4 is 27.3 Å². The molecule has 2 aromatic carbocycles. The van der Waals surface area contributed by atoms with Gasteiger partial charge in [0.15, 0.2) is 0 Å². The van der Waals surface area contributed by atoms with Gasteiger partial charge in [-0.05, 0) is 19.9 Å². The van der Waals surface area contributed by atoms with Gasteiger partial charge in [0.25, 0.3) is 0 Å². The molecule has 0 aliphatic rings. The van der Waals surface area contributed by atoms with Crippen LogP contribution in [0.15, 0.2) is 53.0 Å². The zero-order valence-corrected chi connectivity index (χ0v) is 13.8. The summed E-state index contributed by atoms with van der Waals surface area (Å²) in [5.41, 5.74) is 4.67. The van der Waals surface area contributed by atoms with Crippen molar-refractivity contribution in [1.29, 1.82) is 0 Å². The first-order valence-corrected chi connectivity index (χ1v) is 8.05. The van der Waals surface area contributed by atoms with Crippen molar-refractivity contribution in [1.82, 2.24) is 4.98 Å². The monoisotopic (exact) mass is 343 g/mol.